The van der Waals surface area contributed by atoms with Crippen molar-refractivity contribution in [2.24, 2.45) is 0 Å². The van der Waals surface area contributed by atoms with Gasteiger partial charge in [0.05, 0.1) is 0 Å². The molecule has 1 rings (SSSR count). The van der Waals surface area contributed by atoms with Gasteiger partial charge in [0.25, 0.3) is 0 Å². The summed E-state index contributed by atoms with van der Waals surface area (Å²) in [7, 11) is 2.06. The van der Waals surface area contributed by atoms with Crippen molar-refractivity contribution in [3.63, 3.8) is 0 Å². The van der Waals surface area contributed by atoms with E-state index in [4.69, 9.17) is 0 Å². The van der Waals surface area contributed by atoms with Crippen LogP contribution in [0.3, 0.4) is 0 Å². The summed E-state index contributed by atoms with van der Waals surface area (Å²) >= 11 is 0. The van der Waals surface area contributed by atoms with Gasteiger partial charge in [-0.1, -0.05) is 57.4 Å². The zero-order chi connectivity index (χ0) is 11.8. The van der Waals surface area contributed by atoms with Gasteiger partial charge in [0.2, 0.25) is 0 Å². The third kappa shape index (κ3) is 3.97. The van der Waals surface area contributed by atoms with Gasteiger partial charge in [-0.3, -0.25) is 0 Å². The number of rotatable bonds is 7. The summed E-state index contributed by atoms with van der Waals surface area (Å²) in [5.74, 6) is 0. The Labute approximate surface area is 100 Å². The zero-order valence-electron chi connectivity index (χ0n) is 10.9. The Kier molecular flexibility index (Phi) is 6.17. The standard InChI is InChI=1S/C15H25N/c1-4-6-8-15(16-3)14-11-9-13(7-5-2)10-12-14/h9-12,15-16H,4-8H2,1-3H3. The molecule has 0 radical (unpaired) electrons. The maximum absolute atomic E-state index is 3.40. The normalized spacial score (nSPS) is 12.7. The first-order valence-electron chi connectivity index (χ1n) is 6.57. The van der Waals surface area contributed by atoms with Crippen LogP contribution in [0.4, 0.5) is 0 Å². The number of nitrogens with one attached hydrogen (secondary N) is 1. The van der Waals surface area contributed by atoms with Crippen molar-refractivity contribution in [2.45, 2.75) is 52.0 Å². The molecule has 16 heavy (non-hydrogen) atoms. The van der Waals surface area contributed by atoms with Crippen LogP contribution in [0, 0.1) is 0 Å². The molecule has 1 aromatic rings. The Morgan fingerprint density at radius 3 is 2.25 bits per heavy atom. The van der Waals surface area contributed by atoms with Gasteiger partial charge in [-0.15, -0.1) is 0 Å². The minimum atomic E-state index is 0.524. The topological polar surface area (TPSA) is 12.0 Å². The van der Waals surface area contributed by atoms with Crippen LogP contribution in [-0.4, -0.2) is 7.05 Å². The monoisotopic (exact) mass is 219 g/mol. The lowest BCUT2D eigenvalue weighted by molar-refractivity contribution is 0.522. The molecule has 1 unspecified atom stereocenters. The van der Waals surface area contributed by atoms with Crippen LogP contribution in [-0.2, 0) is 6.42 Å². The van der Waals surface area contributed by atoms with Gasteiger partial charge in [-0.25, -0.2) is 0 Å². The number of benzene rings is 1. The highest BCUT2D eigenvalue weighted by Crippen LogP contribution is 2.19. The Hall–Kier alpha value is -0.820. The summed E-state index contributed by atoms with van der Waals surface area (Å²) in [6.45, 7) is 4.47. The first-order valence-corrected chi connectivity index (χ1v) is 6.57. The van der Waals surface area contributed by atoms with Crippen LogP contribution >= 0.6 is 0 Å². The first kappa shape index (κ1) is 13.2. The Morgan fingerprint density at radius 1 is 1.06 bits per heavy atom. The minimum Gasteiger partial charge on any atom is -0.313 e. The molecule has 1 nitrogen and oxygen atoms in total. The first-order chi connectivity index (χ1) is 7.81. The number of unbranched alkanes of at least 4 members (excludes halogenated alkanes) is 1. The fourth-order valence-electron chi connectivity index (χ4n) is 2.09. The maximum Gasteiger partial charge on any atom is 0.0317 e. The quantitative estimate of drug-likeness (QED) is 0.728. The van der Waals surface area contributed by atoms with Crippen LogP contribution in [0.25, 0.3) is 0 Å². The van der Waals surface area contributed by atoms with Crippen molar-refractivity contribution in [1.82, 2.24) is 5.32 Å². The smallest absolute Gasteiger partial charge is 0.0317 e. The van der Waals surface area contributed by atoms with E-state index in [1.54, 1.807) is 0 Å². The van der Waals surface area contributed by atoms with Gasteiger partial charge in [-0.05, 0) is 31.0 Å². The molecule has 1 aromatic carbocycles. The molecule has 90 valence electrons. The zero-order valence-corrected chi connectivity index (χ0v) is 10.9. The molecule has 0 saturated carbocycles. The summed E-state index contributed by atoms with van der Waals surface area (Å²) < 4.78 is 0. The van der Waals surface area contributed by atoms with E-state index < -0.39 is 0 Å². The Balaban J connectivity index is 2.62. The predicted octanol–water partition coefficient (Wildman–Crippen LogP) is 4.09. The second kappa shape index (κ2) is 7.45. The molecule has 0 fully saturated rings. The highest BCUT2D eigenvalue weighted by Gasteiger charge is 2.07. The molecule has 0 saturated heterocycles. The fourth-order valence-corrected chi connectivity index (χ4v) is 2.09. The Morgan fingerprint density at radius 2 is 1.75 bits per heavy atom. The fraction of sp³-hybridized carbons (Fsp3) is 0.600. The second-order valence-corrected chi connectivity index (χ2v) is 4.48. The maximum atomic E-state index is 3.40. The number of hydrogen-bond donors (Lipinski definition) is 1. The third-order valence-electron chi connectivity index (χ3n) is 3.12. The molecule has 0 aliphatic heterocycles. The number of hydrogen-bond acceptors (Lipinski definition) is 1. The van der Waals surface area contributed by atoms with E-state index in [1.807, 2.05) is 0 Å². The van der Waals surface area contributed by atoms with Gasteiger partial charge < -0.3 is 5.32 Å². The summed E-state index contributed by atoms with van der Waals surface area (Å²) in [6, 6.07) is 9.63. The van der Waals surface area contributed by atoms with Crippen molar-refractivity contribution in [3.05, 3.63) is 35.4 Å². The molecule has 1 atom stereocenters. The van der Waals surface area contributed by atoms with Crippen LogP contribution in [0.5, 0.6) is 0 Å². The average molecular weight is 219 g/mol. The minimum absolute atomic E-state index is 0.524. The van der Waals surface area contributed by atoms with Crippen molar-refractivity contribution in [1.29, 1.82) is 0 Å². The van der Waals surface area contributed by atoms with Gasteiger partial charge in [0.15, 0.2) is 0 Å². The average Bonchev–Trinajstić information content (AvgIpc) is 2.32. The van der Waals surface area contributed by atoms with Crippen LogP contribution in [0.2, 0.25) is 0 Å². The molecule has 0 bridgehead atoms. The van der Waals surface area contributed by atoms with Gasteiger partial charge in [-0.2, -0.15) is 0 Å². The van der Waals surface area contributed by atoms with Crippen LogP contribution in [0.1, 0.15) is 56.7 Å². The van der Waals surface area contributed by atoms with Crippen LogP contribution < -0.4 is 5.32 Å². The summed E-state index contributed by atoms with van der Waals surface area (Å²) in [5, 5.41) is 3.40. The number of aryl methyl sites for hydroxylation is 1. The van der Waals surface area contributed by atoms with Gasteiger partial charge >= 0.3 is 0 Å². The Bertz CT molecular complexity index is 276. The molecule has 0 heterocycles. The lowest BCUT2D eigenvalue weighted by Crippen LogP contribution is -2.16. The van der Waals surface area contributed by atoms with E-state index >= 15 is 0 Å². The molecular weight excluding hydrogens is 194 g/mol. The molecular formula is C15H25N. The van der Waals surface area contributed by atoms with E-state index in [1.165, 1.54) is 43.2 Å². The molecule has 1 heteroatoms. The van der Waals surface area contributed by atoms with Crippen molar-refractivity contribution < 1.29 is 0 Å². The largest absolute Gasteiger partial charge is 0.313 e. The van der Waals surface area contributed by atoms with E-state index in [0.29, 0.717) is 6.04 Å². The SMILES string of the molecule is CCCCC(NC)c1ccc(CCC)cc1. The molecule has 0 amide bonds. The second-order valence-electron chi connectivity index (χ2n) is 4.48. The van der Waals surface area contributed by atoms with E-state index in [2.05, 4.69) is 50.5 Å². The van der Waals surface area contributed by atoms with Crippen LogP contribution in [0.15, 0.2) is 24.3 Å². The van der Waals surface area contributed by atoms with E-state index in [9.17, 15) is 0 Å². The molecule has 0 spiro atoms. The van der Waals surface area contributed by atoms with Gasteiger partial charge in [0, 0.05) is 6.04 Å². The molecule has 1 N–H and O–H groups in total. The lowest BCUT2D eigenvalue weighted by atomic mass is 9.99. The summed E-state index contributed by atoms with van der Waals surface area (Å²) in [4.78, 5) is 0. The highest BCUT2D eigenvalue weighted by molar-refractivity contribution is 5.25. The summed E-state index contributed by atoms with van der Waals surface area (Å²) in [6.07, 6.45) is 6.22. The van der Waals surface area contributed by atoms with Crippen molar-refractivity contribution >= 4 is 0 Å². The molecule has 0 aliphatic rings. The van der Waals surface area contributed by atoms with E-state index in [-0.39, 0.29) is 0 Å². The highest BCUT2D eigenvalue weighted by atomic mass is 14.9. The predicted molar refractivity (Wildman–Crippen MR) is 71.8 cm³/mol. The van der Waals surface area contributed by atoms with Crippen molar-refractivity contribution in [3.8, 4) is 0 Å². The molecule has 0 aliphatic carbocycles. The van der Waals surface area contributed by atoms with Gasteiger partial charge in [0.1, 0.15) is 0 Å². The third-order valence-corrected chi connectivity index (χ3v) is 3.12. The van der Waals surface area contributed by atoms with Crippen molar-refractivity contribution in [2.75, 3.05) is 7.05 Å². The molecule has 0 aromatic heterocycles. The van der Waals surface area contributed by atoms with E-state index in [0.717, 1.165) is 0 Å². The summed E-state index contributed by atoms with van der Waals surface area (Å²) in [5.41, 5.74) is 2.88. The lowest BCUT2D eigenvalue weighted by Gasteiger charge is -2.16.